The molecule has 0 bridgehead atoms. The van der Waals surface area contributed by atoms with Gasteiger partial charge in [-0.15, -0.1) is 0 Å². The molecule has 2 aromatic carbocycles. The van der Waals surface area contributed by atoms with Gasteiger partial charge in [0.2, 0.25) is 5.91 Å². The number of amides is 3. The lowest BCUT2D eigenvalue weighted by Crippen LogP contribution is -2.44. The quantitative estimate of drug-likeness (QED) is 0.0316. The molecule has 0 aliphatic carbocycles. The summed E-state index contributed by atoms with van der Waals surface area (Å²) in [7, 11) is 0. The minimum atomic E-state index is -5.08. The fourth-order valence-electron chi connectivity index (χ4n) is 7.52. The fourth-order valence-corrected chi connectivity index (χ4v) is 8.46. The summed E-state index contributed by atoms with van der Waals surface area (Å²) in [5, 5.41) is 17.1. The summed E-state index contributed by atoms with van der Waals surface area (Å²) in [5.41, 5.74) is 6.54. The van der Waals surface area contributed by atoms with E-state index in [2.05, 4.69) is 0 Å². The number of aromatic nitrogens is 2. The Morgan fingerprint density at radius 1 is 0.789 bits per heavy atom. The van der Waals surface area contributed by atoms with E-state index in [1.54, 1.807) is 11.1 Å². The number of carbonyl (C=O) groups is 7. The van der Waals surface area contributed by atoms with Crippen molar-refractivity contribution >= 4 is 53.0 Å². The largest absolute Gasteiger partial charge is 0.490 e. The van der Waals surface area contributed by atoms with Gasteiger partial charge in [-0.3, -0.25) is 33.7 Å². The van der Waals surface area contributed by atoms with Crippen LogP contribution in [0.25, 0.3) is 11.3 Å². The van der Waals surface area contributed by atoms with Crippen molar-refractivity contribution in [3.63, 3.8) is 0 Å². The van der Waals surface area contributed by atoms with Gasteiger partial charge >= 0.3 is 18.1 Å². The normalized spacial score (nSPS) is 13.4. The van der Waals surface area contributed by atoms with Crippen LogP contribution in [0.4, 0.5) is 22.0 Å². The van der Waals surface area contributed by atoms with Crippen LogP contribution in [-0.4, -0.2) is 161 Å². The molecule has 1 aliphatic heterocycles. The van der Waals surface area contributed by atoms with E-state index in [4.69, 9.17) is 39.6 Å². The number of imidazole rings is 1. The molecule has 0 radical (unpaired) electrons. The Balaban J connectivity index is 0.00000202. The number of carbonyl (C=O) groups excluding carboxylic acids is 5. The Kier molecular flexibility index (Phi) is 28.2. The number of nitrogens with two attached hydrogens (primary N) is 1. The van der Waals surface area contributed by atoms with Crippen LogP contribution in [0.2, 0.25) is 0 Å². The number of hydrogen-bond acceptors (Lipinski definition) is 14. The molecule has 4 N–H and O–H groups in total. The molecule has 76 heavy (non-hydrogen) atoms. The smallest absolute Gasteiger partial charge is 0.481 e. The Labute approximate surface area is 442 Å². The third-order valence-corrected chi connectivity index (χ3v) is 12.3. The predicted molar refractivity (Wildman–Crippen MR) is 270 cm³/mol. The molecule has 0 spiro atoms. The highest BCUT2D eigenvalue weighted by molar-refractivity contribution is 7.99. The highest BCUT2D eigenvalue weighted by Crippen LogP contribution is 2.40. The van der Waals surface area contributed by atoms with Gasteiger partial charge in [-0.2, -0.15) is 24.9 Å². The molecule has 3 aromatic rings. The number of thioether (sulfide) groups is 1. The number of hydrogen-bond donors (Lipinski definition) is 3. The Bertz CT molecular complexity index is 2360. The number of nitrogens with zero attached hydrogens (tertiary/aromatic N) is 4. The average molecular weight is 1100 g/mol. The van der Waals surface area contributed by atoms with E-state index in [9.17, 15) is 51.4 Å². The number of imide groups is 1. The summed E-state index contributed by atoms with van der Waals surface area (Å²) in [6.45, 7) is 9.37. The minimum absolute atomic E-state index is 0.00135. The maximum absolute atomic E-state index is 15.1. The highest BCUT2D eigenvalue weighted by Gasteiger charge is 2.39. The molecule has 0 saturated carbocycles. The minimum Gasteiger partial charge on any atom is -0.481 e. The predicted octanol–water partition coefficient (Wildman–Crippen LogP) is 6.68. The lowest BCUT2D eigenvalue weighted by molar-refractivity contribution is -0.192. The van der Waals surface area contributed by atoms with Crippen LogP contribution in [0.15, 0.2) is 66.9 Å². The molecule has 1 unspecified atom stereocenters. The van der Waals surface area contributed by atoms with E-state index in [0.29, 0.717) is 83.5 Å². The van der Waals surface area contributed by atoms with Crippen molar-refractivity contribution in [1.82, 2.24) is 19.4 Å². The number of carboxylic acid groups (broad SMARTS) is 2. The summed E-state index contributed by atoms with van der Waals surface area (Å²) < 4.78 is 85.0. The van der Waals surface area contributed by atoms with Crippen molar-refractivity contribution in [2.45, 2.75) is 84.5 Å². The van der Waals surface area contributed by atoms with Crippen molar-refractivity contribution in [2.24, 2.45) is 17.1 Å². The maximum atomic E-state index is 15.1. The van der Waals surface area contributed by atoms with E-state index in [1.165, 1.54) is 23.9 Å². The molecule has 2 atom stereocenters. The van der Waals surface area contributed by atoms with Gasteiger partial charge in [0.1, 0.15) is 29.0 Å². The number of carboxylic acids is 2. The number of alkyl halides is 3. The topological polar surface area (TPSA) is 247 Å². The van der Waals surface area contributed by atoms with Crippen LogP contribution in [0.3, 0.4) is 0 Å². The molecule has 3 amide bonds. The Morgan fingerprint density at radius 3 is 1.95 bits per heavy atom. The zero-order valence-corrected chi connectivity index (χ0v) is 43.7. The monoisotopic (exact) mass is 1100 g/mol. The lowest BCUT2D eigenvalue weighted by atomic mass is 9.84. The highest BCUT2D eigenvalue weighted by atomic mass is 32.2. The molecule has 0 fully saturated rings. The number of halogens is 5. The van der Waals surface area contributed by atoms with Crippen molar-refractivity contribution < 1.29 is 84.7 Å². The molecule has 0 saturated heterocycles. The van der Waals surface area contributed by atoms with E-state index >= 15 is 4.39 Å². The third kappa shape index (κ3) is 23.5. The fraction of sp³-hybridized carbons (Fsp3) is 0.538. The van der Waals surface area contributed by atoms with Crippen molar-refractivity contribution in [1.29, 1.82) is 0 Å². The van der Waals surface area contributed by atoms with E-state index in [-0.39, 0.29) is 86.5 Å². The molecule has 18 nitrogen and oxygen atoms in total. The van der Waals surface area contributed by atoms with E-state index in [0.717, 1.165) is 28.7 Å². The molecule has 24 heteroatoms. The summed E-state index contributed by atoms with van der Waals surface area (Å²) in [4.78, 5) is 90.7. The van der Waals surface area contributed by atoms with E-state index in [1.807, 2.05) is 55.7 Å². The maximum Gasteiger partial charge on any atom is 0.490 e. The third-order valence-electron chi connectivity index (χ3n) is 11.3. The van der Waals surface area contributed by atoms with Gasteiger partial charge in [0.25, 0.3) is 11.8 Å². The SMILES string of the molecule is CC(C)(C)[C@H](c1nc(-c2cc(F)ccc2F)cn1Cc1ccccc1)N(CCCN)C(=O)CSCCC(CC(=O)CCOCCOCCOCCOCCCC(=O)CCN1C(=O)C=CC1=O)C(=O)O.O=C(O)C(F)(F)F. The van der Waals surface area contributed by atoms with Crippen LogP contribution in [0.1, 0.15) is 83.1 Å². The summed E-state index contributed by atoms with van der Waals surface area (Å²) >= 11 is 1.28. The van der Waals surface area contributed by atoms with Gasteiger partial charge in [-0.05, 0) is 60.7 Å². The van der Waals surface area contributed by atoms with Crippen LogP contribution >= 0.6 is 11.8 Å². The van der Waals surface area contributed by atoms with Gasteiger partial charge < -0.3 is 44.4 Å². The molecule has 1 aliphatic rings. The molecular formula is C52H68F5N5O13S. The lowest BCUT2D eigenvalue weighted by Gasteiger charge is -2.40. The summed E-state index contributed by atoms with van der Waals surface area (Å²) in [6.07, 6.45) is 0.455. The molecule has 420 valence electrons. The first-order chi connectivity index (χ1) is 36.0. The van der Waals surface area contributed by atoms with Gasteiger partial charge in [0.05, 0.1) is 69.7 Å². The molecule has 1 aromatic heterocycles. The second-order valence-corrected chi connectivity index (χ2v) is 19.5. The van der Waals surface area contributed by atoms with E-state index < -0.39 is 58.9 Å². The van der Waals surface area contributed by atoms with Crippen molar-refractivity contribution in [2.75, 3.05) is 84.0 Å². The number of rotatable bonds is 35. The first-order valence-electron chi connectivity index (χ1n) is 24.6. The number of Topliss-reactive ketones (excluding diaryl/α,β-unsaturated/α-hetero) is 2. The zero-order valence-electron chi connectivity index (χ0n) is 42.9. The summed E-state index contributed by atoms with van der Waals surface area (Å²) in [6, 6.07) is 12.2. The van der Waals surface area contributed by atoms with Crippen molar-refractivity contribution in [3.8, 4) is 11.3 Å². The number of benzene rings is 2. The standard InChI is InChI=1S/C50H67F2N5O11S.C2HF3O2/c1-50(2,3)47(48-54-43(41-32-38(51)12-13-42(41)52)34-55(48)33-36-9-5-4-6-10-36)57(20-8-19-53)46(62)35-69-30-18-37(49(63)64)31-40(59)17-23-66-25-27-68-29-28-67-26-24-65-22-7-11-39(58)16-21-56-44(60)14-15-45(56)61;3-2(4,5)1(6)7/h4-6,9-10,12-15,32,34,37,47H,7-8,11,16-31,33,35,53H2,1-3H3,(H,63,64);(H,6,7)/t37?,47-;/m0./s1. The molecular weight excluding hydrogens is 1030 g/mol. The van der Waals surface area contributed by atoms with Crippen LogP contribution in [0.5, 0.6) is 0 Å². The summed E-state index contributed by atoms with van der Waals surface area (Å²) in [5.74, 6) is -6.50. The first-order valence-corrected chi connectivity index (χ1v) is 25.7. The first kappa shape index (κ1) is 64.4. The Morgan fingerprint density at radius 2 is 1.38 bits per heavy atom. The van der Waals surface area contributed by atoms with Gasteiger partial charge in [-0.1, -0.05) is 51.1 Å². The number of ether oxygens (including phenoxy) is 4. The molecule has 2 heterocycles. The van der Waals surface area contributed by atoms with Gasteiger partial charge in [0.15, 0.2) is 0 Å². The van der Waals surface area contributed by atoms with Crippen molar-refractivity contribution in [3.05, 3.63) is 89.9 Å². The Hall–Kier alpha value is -5.92. The molecule has 4 rings (SSSR count). The zero-order chi connectivity index (χ0) is 56.3. The average Bonchev–Trinajstić information content (AvgIpc) is 3.91. The second kappa shape index (κ2) is 33.3. The van der Waals surface area contributed by atoms with Crippen LogP contribution in [0, 0.1) is 23.0 Å². The second-order valence-electron chi connectivity index (χ2n) is 18.4. The number of ketones is 2. The van der Waals surface area contributed by atoms with Gasteiger partial charge in [0, 0.05) is 75.8 Å². The number of aliphatic carboxylic acids is 2. The van der Waals surface area contributed by atoms with Crippen LogP contribution < -0.4 is 5.73 Å². The van der Waals surface area contributed by atoms with Crippen LogP contribution in [-0.2, 0) is 59.1 Å². The van der Waals surface area contributed by atoms with Gasteiger partial charge in [-0.25, -0.2) is 18.6 Å².